The van der Waals surface area contributed by atoms with E-state index in [-0.39, 0.29) is 38.3 Å². The molecule has 0 bridgehead atoms. The van der Waals surface area contributed by atoms with Gasteiger partial charge in [-0.2, -0.15) is 0 Å². The maximum atomic E-state index is 12.7. The molecule has 0 unspecified atom stereocenters. The maximum Gasteiger partial charge on any atom is 0.197 e. The number of fused-ring (bicyclic) bond motifs is 3. The molecular formula is C23H9Cl2NO3S2. The fourth-order valence-corrected chi connectivity index (χ4v) is 6.05. The molecule has 31 heavy (non-hydrogen) atoms. The summed E-state index contributed by atoms with van der Waals surface area (Å²) in [6.07, 6.45) is 1.62. The van der Waals surface area contributed by atoms with E-state index in [9.17, 15) is 9.59 Å². The van der Waals surface area contributed by atoms with Crippen molar-refractivity contribution in [3.05, 3.63) is 80.2 Å². The minimum Gasteiger partial charge on any atom is -0.454 e. The van der Waals surface area contributed by atoms with Crippen LogP contribution >= 0.6 is 45.9 Å². The van der Waals surface area contributed by atoms with Gasteiger partial charge in [0.2, 0.25) is 0 Å². The molecule has 0 aliphatic heterocycles. The van der Waals surface area contributed by atoms with Crippen LogP contribution in [-0.2, 0) is 0 Å². The highest BCUT2D eigenvalue weighted by Crippen LogP contribution is 2.39. The maximum absolute atomic E-state index is 12.7. The lowest BCUT2D eigenvalue weighted by molar-refractivity contribution is 0.0990. The summed E-state index contributed by atoms with van der Waals surface area (Å²) in [5.74, 6) is 0.0392. The zero-order chi connectivity index (χ0) is 21.3. The second-order valence-corrected chi connectivity index (χ2v) is 9.92. The monoisotopic (exact) mass is 481 g/mol. The van der Waals surface area contributed by atoms with E-state index >= 15 is 0 Å². The van der Waals surface area contributed by atoms with Crippen molar-refractivity contribution < 1.29 is 14.0 Å². The van der Waals surface area contributed by atoms with Crippen molar-refractivity contribution in [1.82, 2.24) is 4.98 Å². The standard InChI is InChI=1S/C23H9Cl2NO3S2/c24-15-8-12-13(9-16(15)25)21(28)14(20(12)27)6-11-7-19-23(30-11)26-22(31-19)18-5-10-3-1-2-4-17(10)29-18/h1-9H. The average Bonchev–Trinajstić information content (AvgIpc) is 3.48. The molecule has 0 amide bonds. The molecule has 2 aromatic carbocycles. The highest BCUT2D eigenvalue weighted by molar-refractivity contribution is 7.29. The van der Waals surface area contributed by atoms with Crippen LogP contribution in [0.15, 0.2) is 58.5 Å². The van der Waals surface area contributed by atoms with Gasteiger partial charge in [-0.3, -0.25) is 9.59 Å². The molecule has 8 heteroatoms. The van der Waals surface area contributed by atoms with Crippen LogP contribution < -0.4 is 0 Å². The summed E-state index contributed by atoms with van der Waals surface area (Å²) in [6, 6.07) is 14.6. The summed E-state index contributed by atoms with van der Waals surface area (Å²) in [7, 11) is 0. The van der Waals surface area contributed by atoms with Crippen LogP contribution in [0.2, 0.25) is 10.0 Å². The Morgan fingerprint density at radius 3 is 2.29 bits per heavy atom. The third kappa shape index (κ3) is 2.98. The number of Topliss-reactive ketones (excluding diaryl/α,β-unsaturated/α-hetero) is 2. The molecule has 3 heterocycles. The Kier molecular flexibility index (Phi) is 4.20. The lowest BCUT2D eigenvalue weighted by atomic mass is 10.1. The lowest BCUT2D eigenvalue weighted by Gasteiger charge is -1.98. The van der Waals surface area contributed by atoms with Gasteiger partial charge < -0.3 is 4.42 Å². The van der Waals surface area contributed by atoms with Crippen molar-refractivity contribution >= 4 is 84.0 Å². The van der Waals surface area contributed by atoms with E-state index in [1.54, 1.807) is 6.08 Å². The number of nitrogens with zero attached hydrogens (tertiary/aromatic N) is 1. The second kappa shape index (κ2) is 6.87. The van der Waals surface area contributed by atoms with Gasteiger partial charge in [-0.25, -0.2) is 4.98 Å². The predicted octanol–water partition coefficient (Wildman–Crippen LogP) is 7.54. The van der Waals surface area contributed by atoms with Crippen molar-refractivity contribution in [3.8, 4) is 10.8 Å². The number of halogens is 2. The van der Waals surface area contributed by atoms with Crippen LogP contribution in [0.5, 0.6) is 0 Å². The highest BCUT2D eigenvalue weighted by Gasteiger charge is 2.34. The number of thiophene rings is 1. The number of para-hydroxylation sites is 1. The Balaban J connectivity index is 1.37. The summed E-state index contributed by atoms with van der Waals surface area (Å²) in [5.41, 5.74) is 1.50. The van der Waals surface area contributed by atoms with Crippen molar-refractivity contribution in [2.45, 2.75) is 0 Å². The molecule has 4 nitrogen and oxygen atoms in total. The quantitative estimate of drug-likeness (QED) is 0.193. The molecule has 150 valence electrons. The van der Waals surface area contributed by atoms with Crippen LogP contribution in [0.3, 0.4) is 0 Å². The first-order valence-corrected chi connectivity index (χ1v) is 11.6. The zero-order valence-corrected chi connectivity index (χ0v) is 18.6. The number of hydrogen-bond acceptors (Lipinski definition) is 6. The second-order valence-electron chi connectivity index (χ2n) is 7.01. The Morgan fingerprint density at radius 1 is 0.903 bits per heavy atom. The van der Waals surface area contributed by atoms with Gasteiger partial charge in [-0.15, -0.1) is 22.7 Å². The van der Waals surface area contributed by atoms with Crippen molar-refractivity contribution in [2.24, 2.45) is 0 Å². The minimum absolute atomic E-state index is 0.111. The number of ketones is 2. The fraction of sp³-hybridized carbons (Fsp3) is 0. The predicted molar refractivity (Wildman–Crippen MR) is 126 cm³/mol. The van der Waals surface area contributed by atoms with Gasteiger partial charge in [-0.1, -0.05) is 41.4 Å². The number of carbonyl (C=O) groups excluding carboxylic acids is 2. The first kappa shape index (κ1) is 19.0. The number of rotatable bonds is 2. The molecule has 1 aliphatic carbocycles. The van der Waals surface area contributed by atoms with Crippen LogP contribution in [0.25, 0.3) is 37.3 Å². The lowest BCUT2D eigenvalue weighted by Crippen LogP contribution is -1.99. The Hall–Kier alpha value is -2.77. The van der Waals surface area contributed by atoms with Crippen molar-refractivity contribution in [1.29, 1.82) is 0 Å². The molecule has 6 rings (SSSR count). The summed E-state index contributed by atoms with van der Waals surface area (Å²) >= 11 is 15.0. The van der Waals surface area contributed by atoms with E-state index in [4.69, 9.17) is 27.6 Å². The van der Waals surface area contributed by atoms with Gasteiger partial charge in [0, 0.05) is 21.4 Å². The molecular weight excluding hydrogens is 473 g/mol. The molecule has 1 aliphatic rings. The Bertz CT molecular complexity index is 1500. The number of carbonyl (C=O) groups is 2. The van der Waals surface area contributed by atoms with Gasteiger partial charge in [0.1, 0.15) is 10.4 Å². The number of thiazole rings is 1. The summed E-state index contributed by atoms with van der Waals surface area (Å²) in [5, 5.41) is 2.32. The number of hydrogen-bond donors (Lipinski definition) is 0. The van der Waals surface area contributed by atoms with E-state index in [0.717, 1.165) is 36.1 Å². The molecule has 0 fully saturated rings. The highest BCUT2D eigenvalue weighted by atomic mass is 35.5. The molecule has 0 atom stereocenters. The van der Waals surface area contributed by atoms with Crippen molar-refractivity contribution in [2.75, 3.05) is 0 Å². The summed E-state index contributed by atoms with van der Waals surface area (Å²) in [6.45, 7) is 0. The molecule has 0 radical (unpaired) electrons. The summed E-state index contributed by atoms with van der Waals surface area (Å²) < 4.78 is 6.87. The van der Waals surface area contributed by atoms with Gasteiger partial charge in [0.05, 0.1) is 20.3 Å². The van der Waals surface area contributed by atoms with Gasteiger partial charge in [0.25, 0.3) is 0 Å². The smallest absolute Gasteiger partial charge is 0.197 e. The first-order chi connectivity index (χ1) is 15.0. The molecule has 0 spiro atoms. The largest absolute Gasteiger partial charge is 0.454 e. The zero-order valence-electron chi connectivity index (χ0n) is 15.4. The number of benzene rings is 2. The normalized spacial score (nSPS) is 13.5. The molecule has 0 saturated heterocycles. The third-order valence-electron chi connectivity index (χ3n) is 5.07. The van der Waals surface area contributed by atoms with Gasteiger partial charge in [0.15, 0.2) is 22.3 Å². The van der Waals surface area contributed by atoms with E-state index in [1.165, 1.54) is 34.8 Å². The van der Waals surface area contributed by atoms with Crippen LogP contribution in [0, 0.1) is 0 Å². The van der Waals surface area contributed by atoms with Crippen LogP contribution in [0.4, 0.5) is 0 Å². The Morgan fingerprint density at radius 2 is 1.61 bits per heavy atom. The molecule has 5 aromatic rings. The van der Waals surface area contributed by atoms with E-state index < -0.39 is 0 Å². The first-order valence-electron chi connectivity index (χ1n) is 9.17. The third-order valence-corrected chi connectivity index (χ3v) is 7.91. The number of allylic oxidation sites excluding steroid dienone is 1. The molecule has 0 N–H and O–H groups in total. The van der Waals surface area contributed by atoms with E-state index in [1.807, 2.05) is 36.4 Å². The van der Waals surface area contributed by atoms with E-state index in [2.05, 4.69) is 4.98 Å². The van der Waals surface area contributed by atoms with Crippen molar-refractivity contribution in [3.63, 3.8) is 0 Å². The van der Waals surface area contributed by atoms with Gasteiger partial charge in [-0.05, 0) is 36.4 Å². The van der Waals surface area contributed by atoms with Crippen LogP contribution in [-0.4, -0.2) is 16.6 Å². The Labute approximate surface area is 193 Å². The topological polar surface area (TPSA) is 60.2 Å². The molecule has 0 saturated carbocycles. The molecule has 3 aromatic heterocycles. The SMILES string of the molecule is O=C1C(=Cc2cc3sc(-c4cc5ccccc5o4)nc3s2)C(=O)c2cc(Cl)c(Cl)cc21. The minimum atomic E-state index is -0.341. The summed E-state index contributed by atoms with van der Waals surface area (Å²) in [4.78, 5) is 31.8. The van der Waals surface area contributed by atoms with Crippen LogP contribution in [0.1, 0.15) is 25.6 Å². The fourth-order valence-electron chi connectivity index (χ4n) is 3.61. The average molecular weight is 482 g/mol. The van der Waals surface area contributed by atoms with E-state index in [0.29, 0.717) is 0 Å². The van der Waals surface area contributed by atoms with Gasteiger partial charge >= 0.3 is 0 Å². The number of furan rings is 1. The number of aromatic nitrogens is 1.